The lowest BCUT2D eigenvalue weighted by Crippen LogP contribution is -2.35. The lowest BCUT2D eigenvalue weighted by Gasteiger charge is -2.44. The Morgan fingerprint density at radius 1 is 1.25 bits per heavy atom. The lowest BCUT2D eigenvalue weighted by molar-refractivity contribution is 0.110. The van der Waals surface area contributed by atoms with Gasteiger partial charge in [0.05, 0.1) is 10.6 Å². The molecule has 0 aromatic heterocycles. The molecule has 3 heteroatoms. The summed E-state index contributed by atoms with van der Waals surface area (Å²) in [6.07, 6.45) is 8.26. The van der Waals surface area contributed by atoms with E-state index in [0.717, 1.165) is 18.3 Å². The Hall–Kier alpha value is -1.09. The second kappa shape index (κ2) is 6.67. The fourth-order valence-electron chi connectivity index (χ4n) is 5.14. The Labute approximate surface area is 147 Å². The van der Waals surface area contributed by atoms with Gasteiger partial charge in [0.1, 0.15) is 0 Å². The normalized spacial score (nSPS) is 31.4. The number of sulfone groups is 1. The second-order valence-corrected chi connectivity index (χ2v) is 10.2. The monoisotopic (exact) mass is 346 g/mol. The van der Waals surface area contributed by atoms with Crippen molar-refractivity contribution in [3.05, 3.63) is 42.0 Å². The highest BCUT2D eigenvalue weighted by atomic mass is 32.2. The molecule has 0 bridgehead atoms. The summed E-state index contributed by atoms with van der Waals surface area (Å²) in [5.41, 5.74) is 1.83. The SMILES string of the molecule is C[C@H](CCS(=O)(=O)c1ccccc1)C1=CC[C@H]2[C@@H](C)CCC[C@]12C. The van der Waals surface area contributed by atoms with Gasteiger partial charge in [-0.05, 0) is 54.6 Å². The maximum absolute atomic E-state index is 12.5. The van der Waals surface area contributed by atoms with Crippen LogP contribution in [0.15, 0.2) is 46.9 Å². The van der Waals surface area contributed by atoms with Gasteiger partial charge in [-0.1, -0.05) is 63.5 Å². The molecular formula is C21H30O2S. The molecule has 3 rings (SSSR count). The quantitative estimate of drug-likeness (QED) is 0.682. The van der Waals surface area contributed by atoms with Gasteiger partial charge in [0.15, 0.2) is 9.84 Å². The fraction of sp³-hybridized carbons (Fsp3) is 0.619. The van der Waals surface area contributed by atoms with Crippen LogP contribution in [0.1, 0.15) is 52.9 Å². The Bertz CT molecular complexity index is 705. The van der Waals surface area contributed by atoms with Gasteiger partial charge in [-0.25, -0.2) is 8.42 Å². The topological polar surface area (TPSA) is 34.1 Å². The van der Waals surface area contributed by atoms with Gasteiger partial charge >= 0.3 is 0 Å². The zero-order valence-electron chi connectivity index (χ0n) is 15.2. The summed E-state index contributed by atoms with van der Waals surface area (Å²) >= 11 is 0. The first-order chi connectivity index (χ1) is 11.3. The molecule has 0 aliphatic heterocycles. The summed E-state index contributed by atoms with van der Waals surface area (Å²) in [6.45, 7) is 7.04. The van der Waals surface area contributed by atoms with Crippen molar-refractivity contribution in [1.29, 1.82) is 0 Å². The standard InChI is InChI=1S/C21H30O2S/c1-16-8-7-14-21(3)19(16)11-12-20(21)17(2)13-15-24(22,23)18-9-5-4-6-10-18/h4-6,9-10,12,16-17,19H,7-8,11,13-15H2,1-3H3/t16-,17+,19-,21-/m0/s1. The molecule has 0 N–H and O–H groups in total. The van der Waals surface area contributed by atoms with E-state index in [1.807, 2.05) is 6.07 Å². The average molecular weight is 347 g/mol. The average Bonchev–Trinajstić information content (AvgIpc) is 2.92. The molecule has 132 valence electrons. The summed E-state index contributed by atoms with van der Waals surface area (Å²) in [5.74, 6) is 2.14. The zero-order chi connectivity index (χ0) is 17.4. The number of benzene rings is 1. The van der Waals surface area contributed by atoms with E-state index < -0.39 is 9.84 Å². The van der Waals surface area contributed by atoms with Gasteiger partial charge in [-0.3, -0.25) is 0 Å². The van der Waals surface area contributed by atoms with E-state index in [2.05, 4.69) is 26.8 Å². The van der Waals surface area contributed by atoms with Crippen molar-refractivity contribution in [2.75, 3.05) is 5.75 Å². The van der Waals surface area contributed by atoms with Crippen LogP contribution < -0.4 is 0 Å². The van der Waals surface area contributed by atoms with Crippen molar-refractivity contribution in [1.82, 2.24) is 0 Å². The molecular weight excluding hydrogens is 316 g/mol. The van der Waals surface area contributed by atoms with E-state index in [4.69, 9.17) is 0 Å². The summed E-state index contributed by atoms with van der Waals surface area (Å²) in [7, 11) is -3.17. The van der Waals surface area contributed by atoms with E-state index in [0.29, 0.717) is 16.2 Å². The smallest absolute Gasteiger partial charge is 0.178 e. The molecule has 4 atom stereocenters. The maximum atomic E-state index is 12.5. The van der Waals surface area contributed by atoms with E-state index in [9.17, 15) is 8.42 Å². The van der Waals surface area contributed by atoms with Gasteiger partial charge in [-0.2, -0.15) is 0 Å². The van der Waals surface area contributed by atoms with Crippen molar-refractivity contribution in [2.45, 2.75) is 57.8 Å². The van der Waals surface area contributed by atoms with Crippen LogP contribution in [0.2, 0.25) is 0 Å². The molecule has 0 amide bonds. The van der Waals surface area contributed by atoms with Crippen molar-refractivity contribution < 1.29 is 8.42 Å². The number of hydrogen-bond acceptors (Lipinski definition) is 2. The van der Waals surface area contributed by atoms with Gasteiger partial charge in [0, 0.05) is 0 Å². The van der Waals surface area contributed by atoms with Crippen LogP contribution >= 0.6 is 0 Å². The molecule has 1 aromatic carbocycles. The predicted octanol–water partition coefficient (Wildman–Crippen LogP) is 5.26. The zero-order valence-corrected chi connectivity index (χ0v) is 16.0. The highest BCUT2D eigenvalue weighted by Crippen LogP contribution is 2.56. The van der Waals surface area contributed by atoms with Gasteiger partial charge < -0.3 is 0 Å². The molecule has 0 unspecified atom stereocenters. The van der Waals surface area contributed by atoms with Crippen molar-refractivity contribution in [3.8, 4) is 0 Å². The molecule has 0 heterocycles. The van der Waals surface area contributed by atoms with Gasteiger partial charge in [0.25, 0.3) is 0 Å². The largest absolute Gasteiger partial charge is 0.224 e. The Kier molecular flexibility index (Phi) is 4.92. The van der Waals surface area contributed by atoms with Crippen LogP contribution in [0.25, 0.3) is 0 Å². The van der Waals surface area contributed by atoms with Crippen LogP contribution in [0.3, 0.4) is 0 Å². The highest BCUT2D eigenvalue weighted by Gasteiger charge is 2.46. The molecule has 0 spiro atoms. The summed E-state index contributed by atoms with van der Waals surface area (Å²) in [4.78, 5) is 0.452. The van der Waals surface area contributed by atoms with Crippen LogP contribution in [-0.2, 0) is 9.84 Å². The number of rotatable bonds is 5. The fourth-order valence-corrected chi connectivity index (χ4v) is 6.61. The lowest BCUT2D eigenvalue weighted by atomic mass is 9.60. The second-order valence-electron chi connectivity index (χ2n) is 8.11. The van der Waals surface area contributed by atoms with Crippen LogP contribution in [0.4, 0.5) is 0 Å². The maximum Gasteiger partial charge on any atom is 0.178 e. The number of allylic oxidation sites excluding steroid dienone is 2. The third-order valence-electron chi connectivity index (χ3n) is 6.56. The van der Waals surface area contributed by atoms with Crippen LogP contribution in [0.5, 0.6) is 0 Å². The van der Waals surface area contributed by atoms with E-state index >= 15 is 0 Å². The molecule has 1 fully saturated rings. The van der Waals surface area contributed by atoms with Crippen LogP contribution in [0, 0.1) is 23.2 Å². The van der Waals surface area contributed by atoms with E-state index in [1.54, 1.807) is 24.3 Å². The Morgan fingerprint density at radius 3 is 2.67 bits per heavy atom. The summed E-state index contributed by atoms with van der Waals surface area (Å²) in [6, 6.07) is 8.86. The Balaban J connectivity index is 1.69. The predicted molar refractivity (Wildman–Crippen MR) is 99.6 cm³/mol. The van der Waals surface area contributed by atoms with Crippen LogP contribution in [-0.4, -0.2) is 14.2 Å². The Morgan fingerprint density at radius 2 is 1.96 bits per heavy atom. The first kappa shape index (κ1) is 17.7. The van der Waals surface area contributed by atoms with Crippen molar-refractivity contribution in [2.24, 2.45) is 23.2 Å². The highest BCUT2D eigenvalue weighted by molar-refractivity contribution is 7.91. The minimum absolute atomic E-state index is 0.242. The number of fused-ring (bicyclic) bond motifs is 1. The molecule has 24 heavy (non-hydrogen) atoms. The molecule has 1 aromatic rings. The molecule has 0 radical (unpaired) electrons. The summed E-state index contributed by atoms with van der Waals surface area (Å²) < 4.78 is 25.1. The molecule has 2 nitrogen and oxygen atoms in total. The first-order valence-electron chi connectivity index (χ1n) is 9.33. The van der Waals surface area contributed by atoms with Crippen molar-refractivity contribution in [3.63, 3.8) is 0 Å². The third kappa shape index (κ3) is 3.20. The van der Waals surface area contributed by atoms with Gasteiger partial charge in [-0.15, -0.1) is 0 Å². The first-order valence-corrected chi connectivity index (χ1v) is 11.0. The minimum Gasteiger partial charge on any atom is -0.224 e. The molecule has 2 aliphatic rings. The third-order valence-corrected chi connectivity index (χ3v) is 8.33. The van der Waals surface area contributed by atoms with Gasteiger partial charge in [0.2, 0.25) is 0 Å². The molecule has 2 aliphatic carbocycles. The summed E-state index contributed by atoms with van der Waals surface area (Å²) in [5, 5.41) is 0. The molecule has 1 saturated carbocycles. The van der Waals surface area contributed by atoms with E-state index in [-0.39, 0.29) is 5.75 Å². The molecule has 0 saturated heterocycles. The van der Waals surface area contributed by atoms with Crippen molar-refractivity contribution >= 4 is 9.84 Å². The number of hydrogen-bond donors (Lipinski definition) is 0. The minimum atomic E-state index is -3.17. The van der Waals surface area contributed by atoms with E-state index in [1.165, 1.54) is 31.3 Å².